The molecule has 26 heavy (non-hydrogen) atoms. The van der Waals surface area contributed by atoms with E-state index in [4.69, 9.17) is 4.74 Å². The highest BCUT2D eigenvalue weighted by Gasteiger charge is 2.13. The molecule has 0 spiro atoms. The molecule has 0 amide bonds. The van der Waals surface area contributed by atoms with E-state index in [1.807, 2.05) is 0 Å². The van der Waals surface area contributed by atoms with Crippen LogP contribution in [0.4, 0.5) is 13.2 Å². The van der Waals surface area contributed by atoms with E-state index in [-0.39, 0.29) is 17.3 Å². The van der Waals surface area contributed by atoms with Crippen molar-refractivity contribution in [3.63, 3.8) is 0 Å². The number of methoxy groups -OCH3 is 1. The van der Waals surface area contributed by atoms with Gasteiger partial charge in [0.25, 0.3) is 0 Å². The molecule has 0 saturated carbocycles. The molecular formula is C17H14F3N3O2S. The number of halogens is 3. The van der Waals surface area contributed by atoms with Gasteiger partial charge < -0.3 is 9.47 Å². The number of rotatable bonds is 7. The van der Waals surface area contributed by atoms with Crippen molar-refractivity contribution in [2.75, 3.05) is 7.11 Å². The van der Waals surface area contributed by atoms with E-state index in [0.29, 0.717) is 22.3 Å². The van der Waals surface area contributed by atoms with Crippen LogP contribution in [0, 0.1) is 5.82 Å². The molecule has 0 fully saturated rings. The van der Waals surface area contributed by atoms with E-state index in [1.165, 1.54) is 31.0 Å². The lowest BCUT2D eigenvalue weighted by Crippen LogP contribution is -2.03. The topological polar surface area (TPSA) is 60.0 Å². The summed E-state index contributed by atoms with van der Waals surface area (Å²) in [6.45, 7) is -2.92. The predicted octanol–water partition coefficient (Wildman–Crippen LogP) is 4.51. The fraction of sp³-hybridized carbons (Fsp3) is 0.176. The molecule has 0 aliphatic carbocycles. The summed E-state index contributed by atoms with van der Waals surface area (Å²) in [7, 11) is 1.38. The number of hydrogen-bond acceptors (Lipinski definition) is 5. The maximum atomic E-state index is 13.8. The second-order valence-electron chi connectivity index (χ2n) is 5.10. The smallest absolute Gasteiger partial charge is 0.387 e. The van der Waals surface area contributed by atoms with Crippen LogP contribution in [0.2, 0.25) is 0 Å². The summed E-state index contributed by atoms with van der Waals surface area (Å²) < 4.78 is 47.9. The van der Waals surface area contributed by atoms with Crippen LogP contribution in [-0.4, -0.2) is 28.9 Å². The number of aromatic nitrogens is 3. The Bertz CT molecular complexity index is 889. The second-order valence-corrected chi connectivity index (χ2v) is 6.04. The van der Waals surface area contributed by atoms with Crippen LogP contribution < -0.4 is 9.47 Å². The van der Waals surface area contributed by atoms with Gasteiger partial charge in [-0.3, -0.25) is 5.10 Å². The third-order valence-electron chi connectivity index (χ3n) is 3.41. The fourth-order valence-electron chi connectivity index (χ4n) is 2.23. The third kappa shape index (κ3) is 4.29. The van der Waals surface area contributed by atoms with Gasteiger partial charge in [-0.25, -0.2) is 9.37 Å². The van der Waals surface area contributed by atoms with Gasteiger partial charge in [-0.15, -0.1) is 5.10 Å². The first-order chi connectivity index (χ1) is 12.6. The van der Waals surface area contributed by atoms with Crippen LogP contribution in [0.15, 0.2) is 47.6 Å². The lowest BCUT2D eigenvalue weighted by atomic mass is 10.2. The molecule has 0 bridgehead atoms. The lowest BCUT2D eigenvalue weighted by molar-refractivity contribution is -0.0512. The van der Waals surface area contributed by atoms with Crippen LogP contribution >= 0.6 is 11.8 Å². The molecule has 0 unspecified atom stereocenters. The predicted molar refractivity (Wildman–Crippen MR) is 91.0 cm³/mol. The molecule has 2 aromatic carbocycles. The number of hydrogen-bond donors (Lipinski definition) is 1. The minimum absolute atomic E-state index is 0.0315. The fourth-order valence-corrected chi connectivity index (χ4v) is 2.97. The minimum atomic E-state index is -2.92. The van der Waals surface area contributed by atoms with Crippen LogP contribution in [0.1, 0.15) is 5.56 Å². The molecule has 1 N–H and O–H groups in total. The van der Waals surface area contributed by atoms with Gasteiger partial charge in [0, 0.05) is 5.75 Å². The summed E-state index contributed by atoms with van der Waals surface area (Å²) >= 11 is 1.31. The lowest BCUT2D eigenvalue weighted by Gasteiger charge is -2.10. The Morgan fingerprint density at radius 2 is 1.96 bits per heavy atom. The summed E-state index contributed by atoms with van der Waals surface area (Å²) in [5.41, 5.74) is 1.15. The Morgan fingerprint density at radius 1 is 1.15 bits per heavy atom. The number of ether oxygens (including phenoxy) is 2. The molecule has 0 aliphatic rings. The van der Waals surface area contributed by atoms with Crippen molar-refractivity contribution in [1.29, 1.82) is 0 Å². The van der Waals surface area contributed by atoms with E-state index >= 15 is 0 Å². The average molecular weight is 381 g/mol. The Morgan fingerprint density at radius 3 is 2.69 bits per heavy atom. The molecule has 1 aromatic heterocycles. The monoisotopic (exact) mass is 381 g/mol. The molecule has 0 atom stereocenters. The summed E-state index contributed by atoms with van der Waals surface area (Å²) in [4.78, 5) is 4.26. The van der Waals surface area contributed by atoms with Crippen molar-refractivity contribution in [1.82, 2.24) is 15.2 Å². The highest BCUT2D eigenvalue weighted by molar-refractivity contribution is 7.98. The summed E-state index contributed by atoms with van der Waals surface area (Å²) in [6.07, 6.45) is 0. The Labute approximate surface area is 151 Å². The van der Waals surface area contributed by atoms with Crippen molar-refractivity contribution in [2.45, 2.75) is 17.5 Å². The van der Waals surface area contributed by atoms with Crippen molar-refractivity contribution in [3.8, 4) is 22.9 Å². The summed E-state index contributed by atoms with van der Waals surface area (Å²) in [5, 5.41) is 7.20. The quantitative estimate of drug-likeness (QED) is 0.610. The van der Waals surface area contributed by atoms with Gasteiger partial charge in [0.2, 0.25) is 5.16 Å². The summed E-state index contributed by atoms with van der Waals surface area (Å²) in [5.74, 6) is 0.602. The first-order valence-corrected chi connectivity index (χ1v) is 8.47. The van der Waals surface area contributed by atoms with E-state index in [1.54, 1.807) is 30.3 Å². The minimum Gasteiger partial charge on any atom is -0.493 e. The number of benzene rings is 2. The zero-order chi connectivity index (χ0) is 18.5. The van der Waals surface area contributed by atoms with Gasteiger partial charge in [-0.05, 0) is 29.8 Å². The molecular weight excluding hydrogens is 367 g/mol. The van der Waals surface area contributed by atoms with Crippen LogP contribution in [0.3, 0.4) is 0 Å². The highest BCUT2D eigenvalue weighted by atomic mass is 32.2. The van der Waals surface area contributed by atoms with Crippen molar-refractivity contribution in [3.05, 3.63) is 53.8 Å². The van der Waals surface area contributed by atoms with Crippen LogP contribution in [0.25, 0.3) is 11.4 Å². The van der Waals surface area contributed by atoms with Gasteiger partial charge in [0.05, 0.1) is 12.7 Å². The second kappa shape index (κ2) is 8.13. The van der Waals surface area contributed by atoms with Crippen LogP contribution in [0.5, 0.6) is 11.5 Å². The van der Waals surface area contributed by atoms with E-state index in [0.717, 1.165) is 5.56 Å². The number of H-pyrrole nitrogens is 1. The maximum Gasteiger partial charge on any atom is 0.387 e. The maximum absolute atomic E-state index is 13.8. The van der Waals surface area contributed by atoms with Gasteiger partial charge in [-0.2, -0.15) is 8.78 Å². The van der Waals surface area contributed by atoms with E-state index in [9.17, 15) is 13.2 Å². The Balaban J connectivity index is 1.69. The average Bonchev–Trinajstić information content (AvgIpc) is 3.09. The molecule has 0 aliphatic heterocycles. The molecule has 1 heterocycles. The number of alkyl halides is 2. The molecule has 0 saturated heterocycles. The van der Waals surface area contributed by atoms with E-state index in [2.05, 4.69) is 19.9 Å². The first kappa shape index (κ1) is 18.1. The van der Waals surface area contributed by atoms with E-state index < -0.39 is 6.61 Å². The zero-order valence-corrected chi connectivity index (χ0v) is 14.4. The Kier molecular flexibility index (Phi) is 5.67. The molecule has 0 radical (unpaired) electrons. The third-order valence-corrected chi connectivity index (χ3v) is 4.32. The number of thioether (sulfide) groups is 1. The molecule has 3 aromatic rings. The molecule has 3 rings (SSSR count). The van der Waals surface area contributed by atoms with Gasteiger partial charge in [0.15, 0.2) is 17.3 Å². The Hall–Kier alpha value is -2.68. The molecule has 5 nitrogen and oxygen atoms in total. The number of aromatic amines is 1. The standard InChI is InChI=1S/C17H14F3N3O2S/c1-24-14-8-10(6-7-13(14)25-16(19)20)9-26-17-21-15(22-23-17)11-4-2-3-5-12(11)18/h2-8,16H,9H2,1H3,(H,21,22,23). The SMILES string of the molecule is COc1cc(CSc2n[nH]c(-c3ccccc3F)n2)ccc1OC(F)F. The summed E-state index contributed by atoms with van der Waals surface area (Å²) in [6, 6.07) is 10.9. The first-order valence-electron chi connectivity index (χ1n) is 7.48. The highest BCUT2D eigenvalue weighted by Crippen LogP contribution is 2.31. The molecule has 9 heteroatoms. The van der Waals surface area contributed by atoms with Crippen molar-refractivity contribution in [2.24, 2.45) is 0 Å². The van der Waals surface area contributed by atoms with Gasteiger partial charge >= 0.3 is 6.61 Å². The van der Waals surface area contributed by atoms with Crippen molar-refractivity contribution < 1.29 is 22.6 Å². The normalized spacial score (nSPS) is 11.0. The number of nitrogens with one attached hydrogen (secondary N) is 1. The molecule has 136 valence electrons. The van der Waals surface area contributed by atoms with Crippen LogP contribution in [-0.2, 0) is 5.75 Å². The van der Waals surface area contributed by atoms with Crippen molar-refractivity contribution >= 4 is 11.8 Å². The largest absolute Gasteiger partial charge is 0.493 e. The zero-order valence-electron chi connectivity index (χ0n) is 13.6. The number of nitrogens with zero attached hydrogens (tertiary/aromatic N) is 2. The van der Waals surface area contributed by atoms with Gasteiger partial charge in [-0.1, -0.05) is 30.0 Å². The van der Waals surface area contributed by atoms with Gasteiger partial charge in [0.1, 0.15) is 5.82 Å².